The van der Waals surface area contributed by atoms with Gasteiger partial charge in [-0.05, 0) is 116 Å². The van der Waals surface area contributed by atoms with E-state index in [1.807, 2.05) is 41.5 Å². The van der Waals surface area contributed by atoms with Gasteiger partial charge in [0.2, 0.25) is 65.0 Å². The van der Waals surface area contributed by atoms with Gasteiger partial charge in [0.05, 0.1) is 11.7 Å². The van der Waals surface area contributed by atoms with E-state index in [4.69, 9.17) is 0 Å². The lowest BCUT2D eigenvalue weighted by Crippen LogP contribution is -2.64. The summed E-state index contributed by atoms with van der Waals surface area (Å²) >= 11 is 1.21. The van der Waals surface area contributed by atoms with Crippen LogP contribution < -0.4 is 21.3 Å². The summed E-state index contributed by atoms with van der Waals surface area (Å²) in [6, 6.07) is -14.8. The van der Waals surface area contributed by atoms with Gasteiger partial charge in [-0.3, -0.25) is 57.5 Å². The van der Waals surface area contributed by atoms with E-state index in [0.717, 1.165) is 14.7 Å². The number of hydrogen-bond acceptors (Lipinski definition) is 15. The Labute approximate surface area is 578 Å². The van der Waals surface area contributed by atoms with Crippen LogP contribution in [-0.4, -0.2) is 253 Å². The normalized spacial score (nSPS) is 26.2. The van der Waals surface area contributed by atoms with Crippen LogP contribution in [0.4, 0.5) is 0 Å². The lowest BCUT2D eigenvalue weighted by molar-refractivity contribution is -0.157. The number of nitrogens with one attached hydrogen (secondary N) is 4. The highest BCUT2D eigenvalue weighted by Gasteiger charge is 2.47. The number of ketones is 1. The predicted molar refractivity (Wildman–Crippen MR) is 375 cm³/mol. The summed E-state index contributed by atoms with van der Waals surface area (Å²) in [6.45, 7) is 33.9. The molecule has 6 N–H and O–H groups in total. The fourth-order valence-corrected chi connectivity index (χ4v) is 13.3. The van der Waals surface area contributed by atoms with E-state index in [-0.39, 0.29) is 74.2 Å². The molecule has 25 nitrogen and oxygen atoms in total. The second-order valence-electron chi connectivity index (χ2n) is 30.0. The molecule has 0 aromatic rings. The van der Waals surface area contributed by atoms with Crippen LogP contribution in [-0.2, 0) is 57.5 Å². The Balaban J connectivity index is 4.65. The van der Waals surface area contributed by atoms with Crippen molar-refractivity contribution in [3.63, 3.8) is 0 Å². The van der Waals surface area contributed by atoms with E-state index in [1.54, 1.807) is 74.5 Å². The van der Waals surface area contributed by atoms with Crippen molar-refractivity contribution in [3.05, 3.63) is 12.2 Å². The summed E-state index contributed by atoms with van der Waals surface area (Å²) < 4.78 is -0.792. The van der Waals surface area contributed by atoms with Crippen molar-refractivity contribution in [2.45, 2.75) is 273 Å². The minimum atomic E-state index is -1.69. The van der Waals surface area contributed by atoms with Gasteiger partial charge in [0.25, 0.3) is 0 Å². The number of nitrogens with zero attached hydrogens (tertiary/aromatic N) is 7. The van der Waals surface area contributed by atoms with Gasteiger partial charge in [-0.25, -0.2) is 0 Å². The van der Waals surface area contributed by atoms with Gasteiger partial charge in [0, 0.05) is 72.7 Å². The summed E-state index contributed by atoms with van der Waals surface area (Å²) in [7, 11) is 9.73. The van der Waals surface area contributed by atoms with Crippen LogP contribution in [0.1, 0.15) is 190 Å². The van der Waals surface area contributed by atoms with E-state index in [2.05, 4.69) is 21.3 Å². The van der Waals surface area contributed by atoms with E-state index >= 15 is 33.6 Å². The minimum absolute atomic E-state index is 0.0486. The number of Topliss-reactive ketones (excluding diaryl/α,β-unsaturated/α-hetero) is 1. The monoisotopic (exact) mass is 1380 g/mol. The molecule has 0 bridgehead atoms. The number of aliphatic hydroxyl groups excluding tert-OH is 1. The zero-order chi connectivity index (χ0) is 74.7. The first-order valence-corrected chi connectivity index (χ1v) is 35.3. The van der Waals surface area contributed by atoms with Crippen molar-refractivity contribution < 1.29 is 67.7 Å². The zero-order valence-electron chi connectivity index (χ0n) is 63.2. The number of allylic oxidation sites excluding steroid dienone is 2. The number of thioether (sulfide) groups is 1. The minimum Gasteiger partial charge on any atom is -0.390 e. The average molecular weight is 1380 g/mol. The molecule has 0 radical (unpaired) electrons. The van der Waals surface area contributed by atoms with Gasteiger partial charge in [-0.1, -0.05) is 109 Å². The molecule has 1 aliphatic heterocycles. The molecule has 1 fully saturated rings. The van der Waals surface area contributed by atoms with Crippen LogP contribution >= 0.6 is 11.8 Å². The molecule has 0 aromatic heterocycles. The van der Waals surface area contributed by atoms with E-state index < -0.39 is 166 Å². The smallest absolute Gasteiger partial charge is 0.246 e. The number of rotatable bonds is 21. The molecule has 13 atom stereocenters. The van der Waals surface area contributed by atoms with Crippen molar-refractivity contribution in [2.75, 3.05) is 55.1 Å². The maximum atomic E-state index is 15.4. The summed E-state index contributed by atoms with van der Waals surface area (Å²) in [6.07, 6.45) is 2.71. The molecule has 0 aliphatic carbocycles. The van der Waals surface area contributed by atoms with Crippen molar-refractivity contribution in [3.8, 4) is 0 Å². The van der Waals surface area contributed by atoms with Crippen LogP contribution in [0.25, 0.3) is 0 Å². The second kappa shape index (κ2) is 38.9. The fraction of sp³-hybridized carbons (Fsp3) is 0.800. The van der Waals surface area contributed by atoms with Crippen LogP contribution in [0.3, 0.4) is 0 Å². The molecule has 1 rings (SSSR count). The highest BCUT2D eigenvalue weighted by molar-refractivity contribution is 8.00. The molecule has 0 saturated carbocycles. The summed E-state index contributed by atoms with van der Waals surface area (Å²) in [5.74, 6) is -10.8. The van der Waals surface area contributed by atoms with Gasteiger partial charge in [-0.15, -0.1) is 0 Å². The SMILES string of the molecule is C/C=C/C[C@@H](C)[C@@H](O)[C@H]1C(=O)N[C@H](CC)C(=O)N(C)[C@H](CSC(C)(C)CC(C)=O)C(=O)N(C)[C@@H](CC(C)(C)O)C(=O)N[C@H](C(C)C)C(=O)N(C)[C@H](CC(C)C)C(=O)N[C@H](C)C(=O)N[C@@H](C)C(=O)N(C)[C@@H](CC(C)C)C(=O)N(C)[C@H](CCC(C)C)C(=O)N(C)[C@H](C(C)C)C(=O)N1C. The van der Waals surface area contributed by atoms with E-state index in [0.29, 0.717) is 6.42 Å². The first-order valence-electron chi connectivity index (χ1n) is 34.3. The molecule has 550 valence electrons. The molecule has 96 heavy (non-hydrogen) atoms. The highest BCUT2D eigenvalue weighted by atomic mass is 32.2. The van der Waals surface area contributed by atoms with Crippen molar-refractivity contribution in [1.82, 2.24) is 55.6 Å². The van der Waals surface area contributed by atoms with Gasteiger partial charge in [0.15, 0.2) is 0 Å². The predicted octanol–water partition coefficient (Wildman–Crippen LogP) is 4.63. The molecule has 0 unspecified atom stereocenters. The van der Waals surface area contributed by atoms with E-state index in [9.17, 15) is 34.2 Å². The largest absolute Gasteiger partial charge is 0.390 e. The average Bonchev–Trinajstić information content (AvgIpc) is 0.837. The Morgan fingerprint density at radius 1 is 0.531 bits per heavy atom. The third-order valence-corrected chi connectivity index (χ3v) is 19.4. The lowest BCUT2D eigenvalue weighted by Gasteiger charge is -2.41. The molecule has 0 spiro atoms. The number of carbonyl (C=O) groups excluding carboxylic acids is 12. The second-order valence-corrected chi connectivity index (χ2v) is 31.7. The number of amides is 11. The molecule has 11 amide bonds. The quantitative estimate of drug-likeness (QED) is 0.0854. The first kappa shape index (κ1) is 87.9. The van der Waals surface area contributed by atoms with Crippen molar-refractivity contribution in [1.29, 1.82) is 0 Å². The topological polar surface area (TPSA) is 316 Å². The van der Waals surface area contributed by atoms with Crippen molar-refractivity contribution >= 4 is 82.5 Å². The maximum absolute atomic E-state index is 15.4. The highest BCUT2D eigenvalue weighted by Crippen LogP contribution is 2.32. The molecule has 1 saturated heterocycles. The Morgan fingerprint density at radius 2 is 0.990 bits per heavy atom. The maximum Gasteiger partial charge on any atom is 0.246 e. The van der Waals surface area contributed by atoms with E-state index in [1.165, 1.54) is 115 Å². The van der Waals surface area contributed by atoms with Gasteiger partial charge in [0.1, 0.15) is 72.2 Å². The molecular formula is C70H125N11O14S. The summed E-state index contributed by atoms with van der Waals surface area (Å²) in [5, 5.41) is 34.7. The van der Waals surface area contributed by atoms with Gasteiger partial charge < -0.3 is 65.8 Å². The van der Waals surface area contributed by atoms with Crippen LogP contribution in [0.15, 0.2) is 12.2 Å². The van der Waals surface area contributed by atoms with Crippen LogP contribution in [0.2, 0.25) is 0 Å². The standard InChI is InChI=1S/C70H125N11O14S/c1-28-30-31-44(13)57(83)56-61(87)73-48(29-2)63(89)79(25)53(38-96-70(19,20)36-45(14)82)66(92)78(24)52(37-69(17,18)95)60(86)74-54(42(9)10)67(93)76(22)50(34-40(5)6)59(85)71-46(15)58(84)72-47(16)62(88)77(23)51(35-41(7)8)65(91)75(21)49(33-32-39(3)4)64(90)80(26)55(43(11)12)68(94)81(56)27/h28,30,39-44,46-57,83,95H,29,31-38H2,1-27H3,(H,71,85)(H,72,84)(H,73,87)(H,74,86)/b30-28+/t44-,46-,47+,48-,49-,50-,51+,52+,53-,54-,55-,56+,57-/m1/s1. The Morgan fingerprint density at radius 3 is 1.47 bits per heavy atom. The summed E-state index contributed by atoms with van der Waals surface area (Å²) in [4.78, 5) is 185. The molecular weight excluding hydrogens is 1250 g/mol. The fourth-order valence-electron chi connectivity index (χ4n) is 12.0. The lowest BCUT2D eigenvalue weighted by atomic mass is 9.91. The van der Waals surface area contributed by atoms with Gasteiger partial charge >= 0.3 is 0 Å². The molecule has 26 heteroatoms. The Bertz CT molecular complexity index is 2700. The molecule has 1 heterocycles. The Hall–Kier alpha value is -6.15. The van der Waals surface area contributed by atoms with Crippen LogP contribution in [0, 0.1) is 35.5 Å². The summed E-state index contributed by atoms with van der Waals surface area (Å²) in [5.41, 5.74) is -1.63. The number of likely N-dealkylation sites (N-methyl/N-ethyl adjacent to an activating group) is 7. The molecule has 0 aromatic carbocycles. The van der Waals surface area contributed by atoms with Gasteiger partial charge in [-0.2, -0.15) is 11.8 Å². The number of hydrogen-bond donors (Lipinski definition) is 6. The number of carbonyl (C=O) groups is 12. The third kappa shape index (κ3) is 25.6. The third-order valence-electron chi connectivity index (χ3n) is 18.0. The molecule has 1 aliphatic rings. The Kier molecular flexibility index (Phi) is 35.6. The zero-order valence-corrected chi connectivity index (χ0v) is 64.1. The van der Waals surface area contributed by atoms with Crippen LogP contribution in [0.5, 0.6) is 0 Å². The number of aliphatic hydroxyl groups is 2. The first-order chi connectivity index (χ1) is 44.0. The van der Waals surface area contributed by atoms with Crippen molar-refractivity contribution in [2.24, 2.45) is 35.5 Å².